The number of nitrogens with zero attached hydrogens (tertiary/aromatic N) is 4. The van der Waals surface area contributed by atoms with E-state index < -0.39 is 10.0 Å². The largest absolute Gasteiger partial charge is 0.280 e. The molecule has 1 heterocycles. The molecule has 8 heteroatoms. The highest BCUT2D eigenvalue weighted by Crippen LogP contribution is 2.21. The molecule has 7 nitrogen and oxygen atoms in total. The molecule has 3 aromatic rings. The fourth-order valence-corrected chi connectivity index (χ4v) is 3.40. The molecule has 0 fully saturated rings. The predicted molar refractivity (Wildman–Crippen MR) is 91.0 cm³/mol. The molecule has 2 aromatic carbocycles. The molecule has 1 N–H and O–H groups in total. The van der Waals surface area contributed by atoms with E-state index in [2.05, 4.69) is 20.2 Å². The van der Waals surface area contributed by atoms with Crippen molar-refractivity contribution < 1.29 is 8.42 Å². The van der Waals surface area contributed by atoms with Crippen LogP contribution in [-0.2, 0) is 17.1 Å². The van der Waals surface area contributed by atoms with E-state index in [-0.39, 0.29) is 4.90 Å². The predicted octanol–water partition coefficient (Wildman–Crippen LogP) is 2.29. The minimum absolute atomic E-state index is 0.243. The smallest absolute Gasteiger partial charge is 0.261 e. The van der Waals surface area contributed by atoms with Gasteiger partial charge in [-0.15, -0.1) is 5.10 Å². The second-order valence-corrected chi connectivity index (χ2v) is 7.24. The molecule has 0 unspecified atom stereocenters. The van der Waals surface area contributed by atoms with Crippen molar-refractivity contribution >= 4 is 15.7 Å². The molecular weight excluding hydrogens is 326 g/mol. The monoisotopic (exact) mass is 343 g/mol. The van der Waals surface area contributed by atoms with Crippen LogP contribution in [0.2, 0.25) is 0 Å². The average molecular weight is 343 g/mol. The molecule has 0 aliphatic rings. The number of aromatic nitrogens is 4. The van der Waals surface area contributed by atoms with E-state index in [4.69, 9.17) is 0 Å². The summed E-state index contributed by atoms with van der Waals surface area (Å²) < 4.78 is 29.1. The number of nitrogens with one attached hydrogen (secondary N) is 1. The van der Waals surface area contributed by atoms with Gasteiger partial charge in [0.05, 0.1) is 4.90 Å². The van der Waals surface area contributed by atoms with Gasteiger partial charge in [-0.1, -0.05) is 6.07 Å². The van der Waals surface area contributed by atoms with Crippen LogP contribution < -0.4 is 4.72 Å². The van der Waals surface area contributed by atoms with Crippen molar-refractivity contribution in [2.45, 2.75) is 18.7 Å². The maximum atomic E-state index is 12.5. The van der Waals surface area contributed by atoms with Crippen molar-refractivity contribution in [3.05, 3.63) is 53.6 Å². The van der Waals surface area contributed by atoms with Gasteiger partial charge in [0.25, 0.3) is 10.0 Å². The Balaban J connectivity index is 1.85. The molecule has 0 aliphatic heterocycles. The van der Waals surface area contributed by atoms with Crippen LogP contribution in [0.4, 0.5) is 5.69 Å². The van der Waals surface area contributed by atoms with Crippen molar-refractivity contribution in [1.29, 1.82) is 0 Å². The Labute approximate surface area is 140 Å². The summed E-state index contributed by atoms with van der Waals surface area (Å²) in [4.78, 5) is 0.243. The molecule has 1 aromatic heterocycles. The van der Waals surface area contributed by atoms with Crippen LogP contribution in [0.1, 0.15) is 11.1 Å². The lowest BCUT2D eigenvalue weighted by Crippen LogP contribution is -2.13. The fourth-order valence-electron chi connectivity index (χ4n) is 2.26. The van der Waals surface area contributed by atoms with Crippen LogP contribution in [0.5, 0.6) is 0 Å². The fraction of sp³-hybridized carbons (Fsp3) is 0.188. The number of aryl methyl sites for hydroxylation is 3. The maximum Gasteiger partial charge on any atom is 0.261 e. The van der Waals surface area contributed by atoms with Gasteiger partial charge < -0.3 is 0 Å². The zero-order valence-corrected chi connectivity index (χ0v) is 14.4. The number of hydrogen-bond donors (Lipinski definition) is 1. The molecule has 0 saturated heterocycles. The zero-order valence-electron chi connectivity index (χ0n) is 13.6. The second-order valence-electron chi connectivity index (χ2n) is 5.56. The highest BCUT2D eigenvalue weighted by molar-refractivity contribution is 7.92. The van der Waals surface area contributed by atoms with E-state index in [9.17, 15) is 8.42 Å². The number of sulfonamides is 1. The third-order valence-corrected chi connectivity index (χ3v) is 5.18. The topological polar surface area (TPSA) is 89.8 Å². The number of tetrazole rings is 1. The Morgan fingerprint density at radius 1 is 1.00 bits per heavy atom. The van der Waals surface area contributed by atoms with E-state index in [0.29, 0.717) is 11.5 Å². The molecule has 0 atom stereocenters. The van der Waals surface area contributed by atoms with Gasteiger partial charge in [-0.25, -0.2) is 13.1 Å². The first-order chi connectivity index (χ1) is 11.4. The summed E-state index contributed by atoms with van der Waals surface area (Å²) in [5.74, 6) is 0.610. The molecule has 0 aliphatic carbocycles. The number of rotatable bonds is 4. The van der Waals surface area contributed by atoms with Crippen LogP contribution in [-0.4, -0.2) is 28.6 Å². The normalized spacial score (nSPS) is 11.5. The van der Waals surface area contributed by atoms with Crippen molar-refractivity contribution in [3.8, 4) is 11.4 Å². The minimum Gasteiger partial charge on any atom is -0.280 e. The van der Waals surface area contributed by atoms with Gasteiger partial charge in [0, 0.05) is 18.3 Å². The first-order valence-corrected chi connectivity index (χ1v) is 8.78. The Kier molecular flexibility index (Phi) is 4.06. The summed E-state index contributed by atoms with van der Waals surface area (Å²) in [5.41, 5.74) is 3.27. The van der Waals surface area contributed by atoms with Crippen molar-refractivity contribution in [2.24, 2.45) is 7.05 Å². The molecule has 124 valence electrons. The molecule has 0 bridgehead atoms. The van der Waals surface area contributed by atoms with Crippen LogP contribution in [0.3, 0.4) is 0 Å². The van der Waals surface area contributed by atoms with Crippen molar-refractivity contribution in [2.75, 3.05) is 4.72 Å². The van der Waals surface area contributed by atoms with Gasteiger partial charge >= 0.3 is 0 Å². The van der Waals surface area contributed by atoms with Crippen LogP contribution in [0.15, 0.2) is 47.4 Å². The van der Waals surface area contributed by atoms with E-state index >= 15 is 0 Å². The second kappa shape index (κ2) is 6.04. The van der Waals surface area contributed by atoms with Crippen LogP contribution >= 0.6 is 0 Å². The molecule has 0 spiro atoms. The first kappa shape index (κ1) is 16.1. The summed E-state index contributed by atoms with van der Waals surface area (Å²) >= 11 is 0. The lowest BCUT2D eigenvalue weighted by molar-refractivity contribution is 0.601. The molecular formula is C16H17N5O2S. The summed E-state index contributed by atoms with van der Waals surface area (Å²) in [6.07, 6.45) is 0. The molecule has 0 amide bonds. The SMILES string of the molecule is Cc1ccc(S(=O)(=O)Nc2ccc(-c3nnnn3C)cc2)cc1C. The maximum absolute atomic E-state index is 12.5. The lowest BCUT2D eigenvalue weighted by atomic mass is 10.1. The quantitative estimate of drug-likeness (QED) is 0.785. The number of anilines is 1. The number of benzene rings is 2. The van der Waals surface area contributed by atoms with E-state index in [1.165, 1.54) is 0 Å². The van der Waals surface area contributed by atoms with Gasteiger partial charge in [-0.05, 0) is 71.8 Å². The zero-order chi connectivity index (χ0) is 17.3. The molecule has 3 rings (SSSR count). The van der Waals surface area contributed by atoms with Crippen LogP contribution in [0, 0.1) is 13.8 Å². The molecule has 24 heavy (non-hydrogen) atoms. The third-order valence-electron chi connectivity index (χ3n) is 3.80. The summed E-state index contributed by atoms with van der Waals surface area (Å²) in [6, 6.07) is 12.0. The Morgan fingerprint density at radius 2 is 1.71 bits per heavy atom. The standard InChI is InChI=1S/C16H17N5O2S/c1-11-4-9-15(10-12(11)2)24(22,23)18-14-7-5-13(6-8-14)16-17-19-20-21(16)3/h4-10,18H,1-3H3. The van der Waals surface area contributed by atoms with E-state index in [0.717, 1.165) is 16.7 Å². The first-order valence-electron chi connectivity index (χ1n) is 7.30. The highest BCUT2D eigenvalue weighted by atomic mass is 32.2. The molecule has 0 saturated carbocycles. The van der Waals surface area contributed by atoms with Crippen molar-refractivity contribution in [1.82, 2.24) is 20.2 Å². The number of hydrogen-bond acceptors (Lipinski definition) is 5. The van der Waals surface area contributed by atoms with Gasteiger partial charge in [0.1, 0.15) is 0 Å². The highest BCUT2D eigenvalue weighted by Gasteiger charge is 2.15. The lowest BCUT2D eigenvalue weighted by Gasteiger charge is -2.10. The van der Waals surface area contributed by atoms with Crippen molar-refractivity contribution in [3.63, 3.8) is 0 Å². The van der Waals surface area contributed by atoms with Crippen LogP contribution in [0.25, 0.3) is 11.4 Å². The average Bonchev–Trinajstić information content (AvgIpc) is 2.96. The summed E-state index contributed by atoms with van der Waals surface area (Å²) in [5, 5.41) is 11.3. The minimum atomic E-state index is -3.62. The summed E-state index contributed by atoms with van der Waals surface area (Å²) in [6.45, 7) is 3.83. The van der Waals surface area contributed by atoms with Gasteiger partial charge in [0.15, 0.2) is 5.82 Å². The summed E-state index contributed by atoms with van der Waals surface area (Å²) in [7, 11) is -1.88. The van der Waals surface area contributed by atoms with Gasteiger partial charge in [-0.3, -0.25) is 4.72 Å². The Morgan fingerprint density at radius 3 is 2.29 bits per heavy atom. The molecule has 0 radical (unpaired) electrons. The Bertz CT molecular complexity index is 978. The van der Waals surface area contributed by atoms with E-state index in [1.54, 1.807) is 54.2 Å². The van der Waals surface area contributed by atoms with Gasteiger partial charge in [-0.2, -0.15) is 0 Å². The Hall–Kier alpha value is -2.74. The third kappa shape index (κ3) is 3.13. The van der Waals surface area contributed by atoms with Gasteiger partial charge in [0.2, 0.25) is 0 Å². The van der Waals surface area contributed by atoms with E-state index in [1.807, 2.05) is 13.8 Å².